The highest BCUT2D eigenvalue weighted by Crippen LogP contribution is 2.36. The van der Waals surface area contributed by atoms with E-state index >= 15 is 0 Å². The second-order valence-electron chi connectivity index (χ2n) is 7.98. The molecule has 0 saturated carbocycles. The highest BCUT2D eigenvalue weighted by molar-refractivity contribution is 5.82. The number of rotatable bonds is 4. The van der Waals surface area contributed by atoms with Gasteiger partial charge in [0.2, 0.25) is 0 Å². The van der Waals surface area contributed by atoms with Crippen LogP contribution in [0.1, 0.15) is 38.7 Å². The zero-order valence-corrected chi connectivity index (χ0v) is 16.6. The number of likely N-dealkylation sites (tertiary alicyclic amines) is 1. The van der Waals surface area contributed by atoms with E-state index in [1.807, 2.05) is 6.07 Å². The molecule has 1 fully saturated rings. The minimum atomic E-state index is -1.08. The van der Waals surface area contributed by atoms with E-state index < -0.39 is 29.6 Å². The van der Waals surface area contributed by atoms with Crippen LogP contribution in [-0.4, -0.2) is 40.3 Å². The number of benzene rings is 2. The summed E-state index contributed by atoms with van der Waals surface area (Å²) < 4.78 is 24.2. The number of carboxylic acids is 1. The summed E-state index contributed by atoms with van der Waals surface area (Å²) in [6.45, 7) is 5.51. The van der Waals surface area contributed by atoms with Crippen molar-refractivity contribution in [2.24, 2.45) is 0 Å². The molecule has 2 aromatic rings. The van der Waals surface area contributed by atoms with Gasteiger partial charge >= 0.3 is 12.1 Å². The van der Waals surface area contributed by atoms with E-state index in [2.05, 4.69) is 0 Å². The number of carbonyl (C=O) groups excluding carboxylic acids is 1. The zero-order valence-electron chi connectivity index (χ0n) is 16.6. The Morgan fingerprint density at radius 3 is 2.41 bits per heavy atom. The number of carbonyl (C=O) groups is 2. The van der Waals surface area contributed by atoms with E-state index in [0.29, 0.717) is 24.5 Å². The summed E-state index contributed by atoms with van der Waals surface area (Å²) in [4.78, 5) is 25.7. The van der Waals surface area contributed by atoms with Gasteiger partial charge < -0.3 is 14.6 Å². The van der Waals surface area contributed by atoms with Gasteiger partial charge in [-0.2, -0.15) is 0 Å². The molecule has 0 aromatic heterocycles. The van der Waals surface area contributed by atoms with Crippen molar-refractivity contribution in [3.05, 3.63) is 59.9 Å². The minimum Gasteiger partial charge on any atom is -0.480 e. The largest absolute Gasteiger partial charge is 0.480 e. The summed E-state index contributed by atoms with van der Waals surface area (Å²) >= 11 is 0. The summed E-state index contributed by atoms with van der Waals surface area (Å²) in [6.07, 6.45) is -0.137. The van der Waals surface area contributed by atoms with Crippen LogP contribution in [0.25, 0.3) is 0 Å². The number of aliphatic carboxylic acids is 1. The van der Waals surface area contributed by atoms with Crippen molar-refractivity contribution < 1.29 is 28.6 Å². The first kappa shape index (κ1) is 20.6. The molecule has 0 spiro atoms. The van der Waals surface area contributed by atoms with Crippen LogP contribution < -0.4 is 4.74 Å². The number of amides is 1. The number of nitrogens with zero attached hydrogens (tertiary/aromatic N) is 1. The smallest absolute Gasteiger partial charge is 0.411 e. The van der Waals surface area contributed by atoms with E-state index in [9.17, 15) is 19.1 Å². The molecule has 1 N–H and O–H groups in total. The van der Waals surface area contributed by atoms with E-state index in [-0.39, 0.29) is 5.82 Å². The van der Waals surface area contributed by atoms with Crippen molar-refractivity contribution in [1.29, 1.82) is 0 Å². The fraction of sp³-hybridized carbons (Fsp3) is 0.364. The van der Waals surface area contributed by atoms with Crippen molar-refractivity contribution in [1.82, 2.24) is 4.90 Å². The Bertz CT molecular complexity index is 891. The molecular weight excluding hydrogens is 377 g/mol. The molecule has 6 nitrogen and oxygen atoms in total. The predicted molar refractivity (Wildman–Crippen MR) is 105 cm³/mol. The summed E-state index contributed by atoms with van der Waals surface area (Å²) in [5.41, 5.74) is 0.0456. The lowest BCUT2D eigenvalue weighted by atomic mass is 9.91. The highest BCUT2D eigenvalue weighted by atomic mass is 19.1. The second-order valence-corrected chi connectivity index (χ2v) is 7.98. The Hall–Kier alpha value is -3.09. The van der Waals surface area contributed by atoms with Gasteiger partial charge in [0, 0.05) is 12.5 Å². The van der Waals surface area contributed by atoms with Crippen LogP contribution in [0.4, 0.5) is 9.18 Å². The van der Waals surface area contributed by atoms with Crippen molar-refractivity contribution in [3.8, 4) is 11.5 Å². The second kappa shape index (κ2) is 8.11. The van der Waals surface area contributed by atoms with Gasteiger partial charge in [0.15, 0.2) is 0 Å². The van der Waals surface area contributed by atoms with Crippen LogP contribution in [0, 0.1) is 5.82 Å². The van der Waals surface area contributed by atoms with Crippen LogP contribution in [-0.2, 0) is 9.53 Å². The lowest BCUT2D eigenvalue weighted by molar-refractivity contribution is -0.142. The third kappa shape index (κ3) is 5.04. The Kier molecular flexibility index (Phi) is 5.77. The van der Waals surface area contributed by atoms with Gasteiger partial charge in [0.25, 0.3) is 0 Å². The van der Waals surface area contributed by atoms with E-state index in [0.717, 1.165) is 5.56 Å². The molecule has 1 heterocycles. The first-order chi connectivity index (χ1) is 13.6. The van der Waals surface area contributed by atoms with Crippen LogP contribution >= 0.6 is 0 Å². The Balaban J connectivity index is 1.81. The Labute approximate surface area is 168 Å². The van der Waals surface area contributed by atoms with Crippen LogP contribution in [0.15, 0.2) is 48.5 Å². The third-order valence-electron chi connectivity index (χ3n) is 4.61. The number of halogens is 1. The Morgan fingerprint density at radius 1 is 1.10 bits per heavy atom. The van der Waals surface area contributed by atoms with E-state index in [1.165, 1.54) is 29.2 Å². The molecule has 3 rings (SSSR count). The molecule has 1 aliphatic heterocycles. The van der Waals surface area contributed by atoms with E-state index in [4.69, 9.17) is 9.47 Å². The number of hydrogen-bond donors (Lipinski definition) is 1. The molecule has 29 heavy (non-hydrogen) atoms. The topological polar surface area (TPSA) is 76.1 Å². The molecule has 7 heteroatoms. The van der Waals surface area contributed by atoms with Crippen LogP contribution in [0.3, 0.4) is 0 Å². The van der Waals surface area contributed by atoms with Crippen LogP contribution in [0.5, 0.6) is 11.5 Å². The molecule has 0 aliphatic carbocycles. The SMILES string of the molecule is CC(C)(C)OC(=O)N1CC[C@H](c2cccc(Oc3ccc(F)cc3)c2)[C@@H]1C(=O)O. The fourth-order valence-corrected chi connectivity index (χ4v) is 3.42. The molecule has 2 aromatic carbocycles. The predicted octanol–water partition coefficient (Wildman–Crippen LogP) is 4.80. The maximum Gasteiger partial charge on any atom is 0.411 e. The molecule has 1 aliphatic rings. The van der Waals surface area contributed by atoms with Crippen molar-refractivity contribution in [2.45, 2.75) is 44.8 Å². The quantitative estimate of drug-likeness (QED) is 0.797. The van der Waals surface area contributed by atoms with Gasteiger partial charge in [0.05, 0.1) is 0 Å². The number of ether oxygens (including phenoxy) is 2. The molecular formula is C22H24FNO5. The van der Waals surface area contributed by atoms with Crippen molar-refractivity contribution in [2.75, 3.05) is 6.54 Å². The summed E-state index contributed by atoms with van der Waals surface area (Å²) in [5, 5.41) is 9.78. The lowest BCUT2D eigenvalue weighted by Crippen LogP contribution is -2.45. The highest BCUT2D eigenvalue weighted by Gasteiger charge is 2.44. The van der Waals surface area contributed by atoms with Gasteiger partial charge in [-0.1, -0.05) is 12.1 Å². The average molecular weight is 401 g/mol. The molecule has 154 valence electrons. The molecule has 2 atom stereocenters. The molecule has 0 bridgehead atoms. The fourth-order valence-electron chi connectivity index (χ4n) is 3.42. The van der Waals surface area contributed by atoms with Crippen molar-refractivity contribution >= 4 is 12.1 Å². The van der Waals surface area contributed by atoms with Crippen LogP contribution in [0.2, 0.25) is 0 Å². The van der Waals surface area contributed by atoms with Gasteiger partial charge in [0.1, 0.15) is 29.0 Å². The normalized spacial score (nSPS) is 19.1. The van der Waals surface area contributed by atoms with E-state index in [1.54, 1.807) is 39.0 Å². The zero-order chi connectivity index (χ0) is 21.2. The first-order valence-electron chi connectivity index (χ1n) is 9.40. The van der Waals surface area contributed by atoms with Crippen molar-refractivity contribution in [3.63, 3.8) is 0 Å². The maximum atomic E-state index is 13.1. The minimum absolute atomic E-state index is 0.291. The first-order valence-corrected chi connectivity index (χ1v) is 9.40. The molecule has 1 amide bonds. The van der Waals surface area contributed by atoms with Gasteiger partial charge in [-0.05, 0) is 69.2 Å². The molecule has 0 radical (unpaired) electrons. The molecule has 1 saturated heterocycles. The number of hydrogen-bond acceptors (Lipinski definition) is 4. The lowest BCUT2D eigenvalue weighted by Gasteiger charge is -2.28. The monoisotopic (exact) mass is 401 g/mol. The molecule has 0 unspecified atom stereocenters. The number of carboxylic acid groups (broad SMARTS) is 1. The summed E-state index contributed by atoms with van der Waals surface area (Å²) in [6, 6.07) is 11.7. The van der Waals surface area contributed by atoms with Gasteiger partial charge in [-0.15, -0.1) is 0 Å². The maximum absolute atomic E-state index is 13.1. The average Bonchev–Trinajstić information content (AvgIpc) is 3.08. The van der Waals surface area contributed by atoms with Gasteiger partial charge in [-0.25, -0.2) is 14.0 Å². The summed E-state index contributed by atoms with van der Waals surface area (Å²) in [5.74, 6) is -0.849. The third-order valence-corrected chi connectivity index (χ3v) is 4.61. The summed E-state index contributed by atoms with van der Waals surface area (Å²) in [7, 11) is 0. The Morgan fingerprint density at radius 2 is 1.79 bits per heavy atom. The van der Waals surface area contributed by atoms with Gasteiger partial charge in [-0.3, -0.25) is 4.90 Å². The standard InChI is InChI=1S/C22H24FNO5/c1-22(2,3)29-21(27)24-12-11-18(19(24)20(25)26)14-5-4-6-17(13-14)28-16-9-7-15(23)8-10-16/h4-10,13,18-19H,11-12H2,1-3H3,(H,25,26)/t18-,19-/m1/s1.